The summed E-state index contributed by atoms with van der Waals surface area (Å²) < 4.78 is 5.46. The molecule has 0 aliphatic carbocycles. The lowest BCUT2D eigenvalue weighted by atomic mass is 10.1. The zero-order valence-corrected chi connectivity index (χ0v) is 14.8. The molecule has 1 aliphatic heterocycles. The predicted octanol–water partition coefficient (Wildman–Crippen LogP) is 3.66. The Morgan fingerprint density at radius 3 is 2.62 bits per heavy atom. The van der Waals surface area contributed by atoms with E-state index in [-0.39, 0.29) is 30.4 Å². The first-order chi connectivity index (χ1) is 12.4. The maximum absolute atomic E-state index is 12.1. The van der Waals surface area contributed by atoms with Gasteiger partial charge in [0.1, 0.15) is 5.75 Å². The second-order valence-corrected chi connectivity index (χ2v) is 6.37. The normalized spacial score (nSPS) is 15.5. The summed E-state index contributed by atoms with van der Waals surface area (Å²) in [4.78, 5) is 35.8. The van der Waals surface area contributed by atoms with Crippen molar-refractivity contribution in [2.75, 3.05) is 10.6 Å². The molecule has 6 nitrogen and oxygen atoms in total. The molecular weight excluding hydrogens is 356 g/mol. The molecule has 0 fully saturated rings. The molecule has 0 spiro atoms. The highest BCUT2D eigenvalue weighted by atomic mass is 35.5. The SMILES string of the molecule is C[C@H]1Oc2ccc(NC(=O)CCC(=O)c3ccc(Cl)cc3)cc2NC1=O. The number of halogens is 1. The number of amides is 2. The van der Waals surface area contributed by atoms with Crippen molar-refractivity contribution in [3.63, 3.8) is 0 Å². The van der Waals surface area contributed by atoms with Crippen molar-refractivity contribution < 1.29 is 19.1 Å². The van der Waals surface area contributed by atoms with Gasteiger partial charge in [-0.3, -0.25) is 14.4 Å². The van der Waals surface area contributed by atoms with Crippen molar-refractivity contribution in [3.05, 3.63) is 53.1 Å². The van der Waals surface area contributed by atoms with Gasteiger partial charge in [0.05, 0.1) is 5.69 Å². The molecule has 1 atom stereocenters. The van der Waals surface area contributed by atoms with Crippen molar-refractivity contribution in [2.24, 2.45) is 0 Å². The number of nitrogens with one attached hydrogen (secondary N) is 2. The minimum Gasteiger partial charge on any atom is -0.479 e. The van der Waals surface area contributed by atoms with Crippen LogP contribution in [0.2, 0.25) is 5.02 Å². The zero-order valence-electron chi connectivity index (χ0n) is 14.0. The molecule has 1 heterocycles. The molecule has 0 unspecified atom stereocenters. The maximum atomic E-state index is 12.1. The third-order valence-electron chi connectivity index (χ3n) is 3.94. The van der Waals surface area contributed by atoms with Crippen molar-refractivity contribution in [1.82, 2.24) is 0 Å². The van der Waals surface area contributed by atoms with Gasteiger partial charge in [-0.1, -0.05) is 11.6 Å². The van der Waals surface area contributed by atoms with Crippen LogP contribution in [0, 0.1) is 0 Å². The van der Waals surface area contributed by atoms with Gasteiger partial charge in [0.15, 0.2) is 11.9 Å². The number of ketones is 1. The van der Waals surface area contributed by atoms with Crippen LogP contribution >= 0.6 is 11.6 Å². The first-order valence-electron chi connectivity index (χ1n) is 8.12. The number of ether oxygens (including phenoxy) is 1. The van der Waals surface area contributed by atoms with Gasteiger partial charge in [-0.2, -0.15) is 0 Å². The first kappa shape index (κ1) is 17.9. The second kappa shape index (κ2) is 7.58. The van der Waals surface area contributed by atoms with Crippen molar-refractivity contribution in [2.45, 2.75) is 25.9 Å². The molecular formula is C19H17ClN2O4. The number of benzene rings is 2. The summed E-state index contributed by atoms with van der Waals surface area (Å²) in [5.74, 6) is -0.108. The van der Waals surface area contributed by atoms with Crippen LogP contribution in [0.3, 0.4) is 0 Å². The third-order valence-corrected chi connectivity index (χ3v) is 4.19. The topological polar surface area (TPSA) is 84.5 Å². The summed E-state index contributed by atoms with van der Waals surface area (Å²) in [5.41, 5.74) is 1.54. The van der Waals surface area contributed by atoms with E-state index in [4.69, 9.17) is 16.3 Å². The summed E-state index contributed by atoms with van der Waals surface area (Å²) in [6.07, 6.45) is -0.407. The molecule has 0 bridgehead atoms. The predicted molar refractivity (Wildman–Crippen MR) is 98.8 cm³/mol. The van der Waals surface area contributed by atoms with E-state index in [1.54, 1.807) is 49.4 Å². The Morgan fingerprint density at radius 1 is 1.15 bits per heavy atom. The molecule has 134 valence electrons. The maximum Gasteiger partial charge on any atom is 0.265 e. The molecule has 1 aliphatic rings. The van der Waals surface area contributed by atoms with E-state index in [0.717, 1.165) is 0 Å². The highest BCUT2D eigenvalue weighted by Crippen LogP contribution is 2.32. The molecule has 7 heteroatoms. The Labute approximate surface area is 155 Å². The Kier molecular flexibility index (Phi) is 5.23. The minimum absolute atomic E-state index is 0.0540. The fourth-order valence-electron chi connectivity index (χ4n) is 2.52. The van der Waals surface area contributed by atoms with E-state index in [9.17, 15) is 14.4 Å². The lowest BCUT2D eigenvalue weighted by molar-refractivity contribution is -0.122. The monoisotopic (exact) mass is 372 g/mol. The molecule has 2 aromatic carbocycles. The number of rotatable bonds is 5. The number of carbonyl (C=O) groups excluding carboxylic acids is 3. The summed E-state index contributed by atoms with van der Waals surface area (Å²) in [5, 5.41) is 5.99. The van der Waals surface area contributed by atoms with Crippen LogP contribution in [0.4, 0.5) is 11.4 Å². The van der Waals surface area contributed by atoms with Crippen LogP contribution in [0.15, 0.2) is 42.5 Å². The van der Waals surface area contributed by atoms with E-state index in [0.29, 0.717) is 27.7 Å². The molecule has 0 radical (unpaired) electrons. The number of fused-ring (bicyclic) bond motifs is 1. The van der Waals surface area contributed by atoms with Crippen LogP contribution in [0.25, 0.3) is 0 Å². The molecule has 3 rings (SSSR count). The van der Waals surface area contributed by atoms with Crippen molar-refractivity contribution in [1.29, 1.82) is 0 Å². The average molecular weight is 373 g/mol. The second-order valence-electron chi connectivity index (χ2n) is 5.94. The van der Waals surface area contributed by atoms with Gasteiger partial charge in [-0.15, -0.1) is 0 Å². The van der Waals surface area contributed by atoms with Crippen LogP contribution in [-0.2, 0) is 9.59 Å². The van der Waals surface area contributed by atoms with Crippen LogP contribution in [0.5, 0.6) is 5.75 Å². The number of anilines is 2. The third kappa shape index (κ3) is 4.21. The van der Waals surface area contributed by atoms with Gasteiger partial charge in [0, 0.05) is 29.1 Å². The lowest BCUT2D eigenvalue weighted by Crippen LogP contribution is -2.34. The van der Waals surface area contributed by atoms with E-state index in [1.165, 1.54) is 0 Å². The lowest BCUT2D eigenvalue weighted by Gasteiger charge is -2.23. The Balaban J connectivity index is 1.57. The van der Waals surface area contributed by atoms with Crippen molar-refractivity contribution in [3.8, 4) is 5.75 Å². The molecule has 2 aromatic rings. The Hall–Kier alpha value is -2.86. The fourth-order valence-corrected chi connectivity index (χ4v) is 2.64. The first-order valence-corrected chi connectivity index (χ1v) is 8.50. The van der Waals surface area contributed by atoms with Gasteiger partial charge in [0.25, 0.3) is 5.91 Å². The molecule has 26 heavy (non-hydrogen) atoms. The van der Waals surface area contributed by atoms with Crippen LogP contribution < -0.4 is 15.4 Å². The fraction of sp³-hybridized carbons (Fsp3) is 0.211. The molecule has 0 saturated heterocycles. The van der Waals surface area contributed by atoms with Gasteiger partial charge >= 0.3 is 0 Å². The minimum atomic E-state index is -0.554. The smallest absolute Gasteiger partial charge is 0.265 e. The number of hydrogen-bond donors (Lipinski definition) is 2. The van der Waals surface area contributed by atoms with E-state index in [2.05, 4.69) is 10.6 Å². The molecule has 0 saturated carbocycles. The molecule has 0 aromatic heterocycles. The van der Waals surface area contributed by atoms with Crippen molar-refractivity contribution >= 4 is 40.6 Å². The van der Waals surface area contributed by atoms with Gasteiger partial charge in [-0.25, -0.2) is 0 Å². The van der Waals surface area contributed by atoms with Gasteiger partial charge in [-0.05, 0) is 49.4 Å². The summed E-state index contributed by atoms with van der Waals surface area (Å²) in [6.45, 7) is 1.66. The summed E-state index contributed by atoms with van der Waals surface area (Å²) in [6, 6.07) is 11.5. The average Bonchev–Trinajstić information content (AvgIpc) is 2.61. The van der Waals surface area contributed by atoms with E-state index in [1.807, 2.05) is 0 Å². The Morgan fingerprint density at radius 2 is 1.88 bits per heavy atom. The number of carbonyl (C=O) groups is 3. The van der Waals surface area contributed by atoms with E-state index < -0.39 is 6.10 Å². The zero-order chi connectivity index (χ0) is 18.7. The Bertz CT molecular complexity index is 864. The highest BCUT2D eigenvalue weighted by molar-refractivity contribution is 6.30. The molecule has 2 amide bonds. The number of hydrogen-bond acceptors (Lipinski definition) is 4. The molecule has 2 N–H and O–H groups in total. The van der Waals surface area contributed by atoms with Gasteiger partial charge < -0.3 is 15.4 Å². The standard InChI is InChI=1S/C19H17ClN2O4/c1-11-19(25)22-15-10-14(6-8-17(15)26-11)21-18(24)9-7-16(23)12-2-4-13(20)5-3-12/h2-6,8,10-11H,7,9H2,1H3,(H,21,24)(H,22,25)/t11-/m1/s1. The van der Waals surface area contributed by atoms with Gasteiger partial charge in [0.2, 0.25) is 5.91 Å². The summed E-state index contributed by atoms with van der Waals surface area (Å²) >= 11 is 5.79. The van der Waals surface area contributed by atoms with E-state index >= 15 is 0 Å². The largest absolute Gasteiger partial charge is 0.479 e. The quantitative estimate of drug-likeness (QED) is 0.784. The summed E-state index contributed by atoms with van der Waals surface area (Å²) in [7, 11) is 0. The van der Waals surface area contributed by atoms with Crippen LogP contribution in [0.1, 0.15) is 30.1 Å². The number of Topliss-reactive ketones (excluding diaryl/α,β-unsaturated/α-hetero) is 1. The highest BCUT2D eigenvalue weighted by Gasteiger charge is 2.23. The van der Waals surface area contributed by atoms with Crippen LogP contribution in [-0.4, -0.2) is 23.7 Å².